The summed E-state index contributed by atoms with van der Waals surface area (Å²) in [6, 6.07) is 9.24. The maximum absolute atomic E-state index is 12.8. The number of amides is 1. The van der Waals surface area contributed by atoms with Gasteiger partial charge in [-0.25, -0.2) is 4.79 Å². The number of aryl methyl sites for hydroxylation is 2. The minimum Gasteiger partial charge on any atom is -0.322 e. The van der Waals surface area contributed by atoms with Gasteiger partial charge in [-0.2, -0.15) is 5.26 Å². The van der Waals surface area contributed by atoms with E-state index in [-0.39, 0.29) is 16.6 Å². The molecule has 0 fully saturated rings. The second-order valence-electron chi connectivity index (χ2n) is 6.01. The van der Waals surface area contributed by atoms with Gasteiger partial charge >= 0.3 is 5.69 Å². The highest BCUT2D eigenvalue weighted by molar-refractivity contribution is 6.11. The zero-order chi connectivity index (χ0) is 19.9. The van der Waals surface area contributed by atoms with E-state index in [4.69, 9.17) is 5.26 Å². The molecule has 0 radical (unpaired) electrons. The Morgan fingerprint density at radius 3 is 2.41 bits per heavy atom. The van der Waals surface area contributed by atoms with Crippen molar-refractivity contribution in [3.63, 3.8) is 0 Å². The zero-order valence-corrected chi connectivity index (χ0v) is 14.8. The lowest BCUT2D eigenvalue weighted by Gasteiger charge is -2.14. The molecule has 27 heavy (non-hydrogen) atoms. The maximum atomic E-state index is 12.8. The first-order valence-electron chi connectivity index (χ1n) is 7.87. The quantitative estimate of drug-likeness (QED) is 0.689. The molecular formula is C18H15N5O4. The molecule has 136 valence electrons. The first-order chi connectivity index (χ1) is 12.8. The van der Waals surface area contributed by atoms with Crippen LogP contribution in [0.4, 0.5) is 5.69 Å². The van der Waals surface area contributed by atoms with Crippen LogP contribution in [-0.2, 0) is 21.1 Å². The van der Waals surface area contributed by atoms with Crippen molar-refractivity contribution in [3.8, 4) is 6.07 Å². The van der Waals surface area contributed by atoms with Gasteiger partial charge in [0.05, 0.1) is 22.6 Å². The number of carbonyl (C=O) groups is 1. The lowest BCUT2D eigenvalue weighted by molar-refractivity contribution is 0.102. The first kappa shape index (κ1) is 17.9. The summed E-state index contributed by atoms with van der Waals surface area (Å²) in [5.74, 6) is -0.691. The lowest BCUT2D eigenvalue weighted by atomic mass is 10.1. The van der Waals surface area contributed by atoms with Gasteiger partial charge in [0.1, 0.15) is 5.65 Å². The van der Waals surface area contributed by atoms with E-state index in [1.807, 2.05) is 6.07 Å². The van der Waals surface area contributed by atoms with Crippen molar-refractivity contribution < 1.29 is 4.79 Å². The van der Waals surface area contributed by atoms with Gasteiger partial charge in [0.25, 0.3) is 17.0 Å². The molecule has 0 saturated carbocycles. The summed E-state index contributed by atoms with van der Waals surface area (Å²) < 4.78 is 3.16. The maximum Gasteiger partial charge on any atom is 0.332 e. The van der Waals surface area contributed by atoms with Gasteiger partial charge < -0.3 is 5.32 Å². The lowest BCUT2D eigenvalue weighted by Crippen LogP contribution is -2.40. The molecular weight excluding hydrogens is 350 g/mol. The Kier molecular flexibility index (Phi) is 4.25. The Morgan fingerprint density at radius 1 is 1.04 bits per heavy atom. The number of hydrogen-bond acceptors (Lipinski definition) is 5. The van der Waals surface area contributed by atoms with Gasteiger partial charge in [-0.05, 0) is 18.2 Å². The number of hydrogen-bond donors (Lipinski definition) is 1. The molecule has 0 spiro atoms. The van der Waals surface area contributed by atoms with Crippen LogP contribution in [0.5, 0.6) is 0 Å². The molecule has 3 aromatic rings. The van der Waals surface area contributed by atoms with Gasteiger partial charge in [0.15, 0.2) is 0 Å². The fourth-order valence-corrected chi connectivity index (χ4v) is 2.90. The summed E-state index contributed by atoms with van der Waals surface area (Å²) >= 11 is 0. The summed E-state index contributed by atoms with van der Waals surface area (Å²) in [6.45, 7) is 0. The van der Waals surface area contributed by atoms with Gasteiger partial charge in [-0.15, -0.1) is 0 Å². The van der Waals surface area contributed by atoms with Crippen LogP contribution < -0.4 is 22.1 Å². The number of nitrogens with zero attached hydrogens (tertiary/aromatic N) is 4. The highest BCUT2D eigenvalue weighted by Crippen LogP contribution is 2.15. The summed E-state index contributed by atoms with van der Waals surface area (Å²) in [4.78, 5) is 49.9. The average molecular weight is 365 g/mol. The van der Waals surface area contributed by atoms with Gasteiger partial charge in [-0.3, -0.25) is 28.1 Å². The zero-order valence-electron chi connectivity index (χ0n) is 14.8. The van der Waals surface area contributed by atoms with E-state index < -0.39 is 22.7 Å². The third-order valence-corrected chi connectivity index (χ3v) is 4.31. The number of rotatable bonds is 2. The Balaban J connectivity index is 2.29. The molecule has 2 heterocycles. The van der Waals surface area contributed by atoms with Gasteiger partial charge in [0.2, 0.25) is 0 Å². The predicted octanol–water partition coefficient (Wildman–Crippen LogP) is 0.0599. The Hall–Kier alpha value is -3.93. The van der Waals surface area contributed by atoms with Crippen molar-refractivity contribution >= 4 is 22.6 Å². The Bertz CT molecular complexity index is 1320. The van der Waals surface area contributed by atoms with Crippen LogP contribution in [0, 0.1) is 11.3 Å². The highest BCUT2D eigenvalue weighted by atomic mass is 16.2. The molecule has 2 aromatic heterocycles. The second-order valence-corrected chi connectivity index (χ2v) is 6.01. The van der Waals surface area contributed by atoms with Crippen molar-refractivity contribution in [1.82, 2.24) is 13.7 Å². The van der Waals surface area contributed by atoms with Crippen molar-refractivity contribution in [2.24, 2.45) is 21.1 Å². The molecule has 0 atom stereocenters. The van der Waals surface area contributed by atoms with E-state index in [1.54, 1.807) is 18.2 Å². The standard InChI is InChI=1S/C18H15N5O4/c1-21-13(24)8-12(14-16(21)22(2)18(27)23(3)17(14)26)15(25)20-11-6-4-5-10(7-11)9-19/h4-8H,1-3H3,(H,20,25). The number of aromatic nitrogens is 3. The van der Waals surface area contributed by atoms with E-state index in [1.165, 1.54) is 27.2 Å². The summed E-state index contributed by atoms with van der Waals surface area (Å²) in [7, 11) is 4.14. The molecule has 0 aliphatic rings. The number of benzene rings is 1. The Labute approximate surface area is 152 Å². The van der Waals surface area contributed by atoms with E-state index >= 15 is 0 Å². The topological polar surface area (TPSA) is 119 Å². The van der Waals surface area contributed by atoms with E-state index in [0.717, 1.165) is 19.8 Å². The minimum atomic E-state index is -0.691. The van der Waals surface area contributed by atoms with Gasteiger partial charge in [-0.1, -0.05) is 6.07 Å². The molecule has 0 aliphatic heterocycles. The number of pyridine rings is 1. The largest absolute Gasteiger partial charge is 0.332 e. The fraction of sp³-hybridized carbons (Fsp3) is 0.167. The third-order valence-electron chi connectivity index (χ3n) is 4.31. The van der Waals surface area contributed by atoms with E-state index in [0.29, 0.717) is 11.3 Å². The number of nitriles is 1. The summed E-state index contributed by atoms with van der Waals surface area (Å²) in [5.41, 5.74) is -1.24. The van der Waals surface area contributed by atoms with Crippen LogP contribution in [0.1, 0.15) is 15.9 Å². The van der Waals surface area contributed by atoms with Crippen LogP contribution in [0.2, 0.25) is 0 Å². The number of anilines is 1. The summed E-state index contributed by atoms with van der Waals surface area (Å²) in [6.07, 6.45) is 0. The average Bonchev–Trinajstić information content (AvgIpc) is 2.66. The fourth-order valence-electron chi connectivity index (χ4n) is 2.90. The normalized spacial score (nSPS) is 10.6. The van der Waals surface area contributed by atoms with Crippen LogP contribution in [0.3, 0.4) is 0 Å². The molecule has 3 rings (SSSR count). The second kappa shape index (κ2) is 6.42. The van der Waals surface area contributed by atoms with Crippen molar-refractivity contribution in [3.05, 3.63) is 72.7 Å². The monoisotopic (exact) mass is 365 g/mol. The minimum absolute atomic E-state index is 0.0457. The van der Waals surface area contributed by atoms with E-state index in [9.17, 15) is 19.2 Å². The molecule has 0 aliphatic carbocycles. The van der Waals surface area contributed by atoms with E-state index in [2.05, 4.69) is 5.32 Å². The summed E-state index contributed by atoms with van der Waals surface area (Å²) in [5, 5.41) is 11.5. The van der Waals surface area contributed by atoms with Crippen LogP contribution >= 0.6 is 0 Å². The smallest absolute Gasteiger partial charge is 0.322 e. The molecule has 1 N–H and O–H groups in total. The molecule has 9 heteroatoms. The van der Waals surface area contributed by atoms with Crippen LogP contribution in [0.15, 0.2) is 44.7 Å². The van der Waals surface area contributed by atoms with Crippen LogP contribution in [0.25, 0.3) is 11.0 Å². The number of nitrogens with one attached hydrogen (secondary N) is 1. The molecule has 0 saturated heterocycles. The predicted molar refractivity (Wildman–Crippen MR) is 98.8 cm³/mol. The molecule has 1 amide bonds. The number of fused-ring (bicyclic) bond motifs is 1. The van der Waals surface area contributed by atoms with Crippen LogP contribution in [-0.4, -0.2) is 19.6 Å². The SMILES string of the molecule is Cn1c(=O)c2c(C(=O)Nc3cccc(C#N)c3)cc(=O)n(C)c2n(C)c1=O. The molecule has 1 aromatic carbocycles. The first-order valence-corrected chi connectivity index (χ1v) is 7.87. The Morgan fingerprint density at radius 2 is 1.74 bits per heavy atom. The van der Waals surface area contributed by atoms with Crippen molar-refractivity contribution in [2.45, 2.75) is 0 Å². The molecule has 0 bridgehead atoms. The third kappa shape index (κ3) is 2.83. The molecule has 9 nitrogen and oxygen atoms in total. The highest BCUT2D eigenvalue weighted by Gasteiger charge is 2.20. The van der Waals surface area contributed by atoms with Crippen molar-refractivity contribution in [2.75, 3.05) is 5.32 Å². The number of carbonyl (C=O) groups excluding carboxylic acids is 1. The van der Waals surface area contributed by atoms with Crippen molar-refractivity contribution in [1.29, 1.82) is 5.26 Å². The van der Waals surface area contributed by atoms with Gasteiger partial charge in [0, 0.05) is 32.9 Å². The molecule has 0 unspecified atom stereocenters.